The summed E-state index contributed by atoms with van der Waals surface area (Å²) in [6.45, 7) is 2.77. The Bertz CT molecular complexity index is 253. The van der Waals surface area contributed by atoms with Gasteiger partial charge in [-0.15, -0.1) is 0 Å². The summed E-state index contributed by atoms with van der Waals surface area (Å²) in [5, 5.41) is 14.0. The van der Waals surface area contributed by atoms with Crippen LogP contribution in [0.4, 0.5) is 0 Å². The second-order valence-electron chi connectivity index (χ2n) is 4.16. The van der Waals surface area contributed by atoms with Gasteiger partial charge in [0.05, 0.1) is 0 Å². The normalized spacial score (nSPS) is 25.0. The Morgan fingerprint density at radius 2 is 2.27 bits per heavy atom. The van der Waals surface area contributed by atoms with Crippen LogP contribution in [0.5, 0.6) is 0 Å². The van der Waals surface area contributed by atoms with Crippen LogP contribution < -0.4 is 11.1 Å². The van der Waals surface area contributed by atoms with Crippen molar-refractivity contribution in [1.29, 1.82) is 0 Å². The number of oxime groups is 1. The van der Waals surface area contributed by atoms with E-state index >= 15 is 0 Å². The molecule has 0 radical (unpaired) electrons. The van der Waals surface area contributed by atoms with Crippen molar-refractivity contribution in [3.8, 4) is 0 Å². The molecule has 2 atom stereocenters. The number of nitrogens with zero attached hydrogens (tertiary/aromatic N) is 1. The second-order valence-corrected chi connectivity index (χ2v) is 4.16. The fraction of sp³-hybridized carbons (Fsp3) is 0.800. The van der Waals surface area contributed by atoms with Crippen LogP contribution in [0, 0.1) is 11.8 Å². The van der Waals surface area contributed by atoms with Crippen LogP contribution in [0.15, 0.2) is 5.16 Å². The minimum Gasteiger partial charge on any atom is -0.409 e. The van der Waals surface area contributed by atoms with Crippen molar-refractivity contribution in [3.05, 3.63) is 0 Å². The third-order valence-corrected chi connectivity index (χ3v) is 2.73. The van der Waals surface area contributed by atoms with Crippen molar-refractivity contribution in [2.24, 2.45) is 22.7 Å². The van der Waals surface area contributed by atoms with Crippen molar-refractivity contribution in [2.75, 3.05) is 6.54 Å². The fourth-order valence-electron chi connectivity index (χ4n) is 1.51. The van der Waals surface area contributed by atoms with E-state index in [1.807, 2.05) is 0 Å². The summed E-state index contributed by atoms with van der Waals surface area (Å²) in [5.41, 5.74) is 5.30. The van der Waals surface area contributed by atoms with E-state index in [4.69, 9.17) is 10.9 Å². The number of carbonyl (C=O) groups excluding carboxylic acids is 1. The van der Waals surface area contributed by atoms with E-state index in [-0.39, 0.29) is 17.7 Å². The molecular formula is C10H19N3O2. The Morgan fingerprint density at radius 3 is 2.80 bits per heavy atom. The first kappa shape index (κ1) is 11.8. The number of hydrogen-bond donors (Lipinski definition) is 3. The van der Waals surface area contributed by atoms with Gasteiger partial charge in [0.15, 0.2) is 0 Å². The van der Waals surface area contributed by atoms with Gasteiger partial charge in [-0.3, -0.25) is 4.79 Å². The highest BCUT2D eigenvalue weighted by Crippen LogP contribution is 2.37. The second kappa shape index (κ2) is 5.58. The quantitative estimate of drug-likeness (QED) is 0.199. The molecule has 1 amide bonds. The van der Waals surface area contributed by atoms with E-state index in [0.29, 0.717) is 18.9 Å². The van der Waals surface area contributed by atoms with Crippen LogP contribution in [0.3, 0.4) is 0 Å². The van der Waals surface area contributed by atoms with Crippen LogP contribution in [0.2, 0.25) is 0 Å². The Kier molecular flexibility index (Phi) is 4.39. The maximum absolute atomic E-state index is 11.4. The van der Waals surface area contributed by atoms with Gasteiger partial charge in [0.25, 0.3) is 0 Å². The van der Waals surface area contributed by atoms with E-state index in [1.54, 1.807) is 0 Å². The molecule has 86 valence electrons. The molecule has 0 heterocycles. The van der Waals surface area contributed by atoms with Gasteiger partial charge in [0.1, 0.15) is 5.84 Å². The lowest BCUT2D eigenvalue weighted by Crippen LogP contribution is -2.26. The lowest BCUT2D eigenvalue weighted by molar-refractivity contribution is -0.122. The third-order valence-electron chi connectivity index (χ3n) is 2.73. The number of carbonyl (C=O) groups is 1. The molecule has 0 aromatic heterocycles. The van der Waals surface area contributed by atoms with Crippen molar-refractivity contribution in [2.45, 2.75) is 32.6 Å². The van der Waals surface area contributed by atoms with Gasteiger partial charge in [0.2, 0.25) is 5.91 Å². The summed E-state index contributed by atoms with van der Waals surface area (Å²) in [5.74, 6) is 1.22. The van der Waals surface area contributed by atoms with Gasteiger partial charge in [-0.2, -0.15) is 0 Å². The molecule has 2 unspecified atom stereocenters. The maximum Gasteiger partial charge on any atom is 0.223 e. The highest BCUT2D eigenvalue weighted by molar-refractivity contribution is 5.81. The molecule has 15 heavy (non-hydrogen) atoms. The smallest absolute Gasteiger partial charge is 0.223 e. The number of amidine groups is 1. The number of nitrogens with one attached hydrogen (secondary N) is 1. The SMILES string of the molecule is CC1CC1C(=O)NCCCCC(N)=NO. The molecule has 0 aromatic carbocycles. The largest absolute Gasteiger partial charge is 0.409 e. The Labute approximate surface area is 89.7 Å². The van der Waals surface area contributed by atoms with Crippen molar-refractivity contribution in [3.63, 3.8) is 0 Å². The number of nitrogens with two attached hydrogens (primary N) is 1. The van der Waals surface area contributed by atoms with Gasteiger partial charge in [-0.1, -0.05) is 12.1 Å². The average Bonchev–Trinajstić information content (AvgIpc) is 2.94. The number of unbranched alkanes of at least 4 members (excludes halogenated alkanes) is 1. The van der Waals surface area contributed by atoms with Crippen LogP contribution in [-0.2, 0) is 4.79 Å². The molecule has 1 aliphatic rings. The highest BCUT2D eigenvalue weighted by atomic mass is 16.4. The fourth-order valence-corrected chi connectivity index (χ4v) is 1.51. The van der Waals surface area contributed by atoms with Gasteiger partial charge in [-0.25, -0.2) is 0 Å². The molecule has 1 saturated carbocycles. The predicted octanol–water partition coefficient (Wildman–Crippen LogP) is 0.675. The van der Waals surface area contributed by atoms with Crippen molar-refractivity contribution < 1.29 is 10.0 Å². The van der Waals surface area contributed by atoms with E-state index < -0.39 is 0 Å². The Balaban J connectivity index is 1.95. The van der Waals surface area contributed by atoms with Gasteiger partial charge in [-0.05, 0) is 25.2 Å². The third kappa shape index (κ3) is 4.18. The summed E-state index contributed by atoms with van der Waals surface area (Å²) >= 11 is 0. The average molecular weight is 213 g/mol. The van der Waals surface area contributed by atoms with Crippen LogP contribution in [-0.4, -0.2) is 23.5 Å². The molecule has 0 saturated heterocycles. The molecule has 5 heteroatoms. The minimum absolute atomic E-state index is 0.172. The summed E-state index contributed by atoms with van der Waals surface area (Å²) in [6, 6.07) is 0. The molecule has 0 aliphatic heterocycles. The summed E-state index contributed by atoms with van der Waals surface area (Å²) in [7, 11) is 0. The first-order valence-electron chi connectivity index (χ1n) is 5.39. The topological polar surface area (TPSA) is 87.7 Å². The monoisotopic (exact) mass is 213 g/mol. The number of rotatable bonds is 6. The van der Waals surface area contributed by atoms with Crippen LogP contribution in [0.25, 0.3) is 0 Å². The van der Waals surface area contributed by atoms with Gasteiger partial charge >= 0.3 is 0 Å². The maximum atomic E-state index is 11.4. The molecule has 1 rings (SSSR count). The molecular weight excluding hydrogens is 194 g/mol. The number of hydrogen-bond acceptors (Lipinski definition) is 3. The standard InChI is InChI=1S/C10H19N3O2/c1-7-6-8(7)10(14)12-5-3-2-4-9(11)13-15/h7-8,15H,2-6H2,1H3,(H2,11,13)(H,12,14). The minimum atomic E-state index is 0.172. The molecule has 0 aromatic rings. The summed E-state index contributed by atoms with van der Waals surface area (Å²) < 4.78 is 0. The van der Waals surface area contributed by atoms with Crippen molar-refractivity contribution in [1.82, 2.24) is 5.32 Å². The predicted molar refractivity (Wildman–Crippen MR) is 57.5 cm³/mol. The van der Waals surface area contributed by atoms with E-state index in [2.05, 4.69) is 17.4 Å². The zero-order chi connectivity index (χ0) is 11.3. The van der Waals surface area contributed by atoms with Crippen LogP contribution in [0.1, 0.15) is 32.6 Å². The lowest BCUT2D eigenvalue weighted by Gasteiger charge is -2.03. The first-order valence-corrected chi connectivity index (χ1v) is 5.39. The van der Waals surface area contributed by atoms with E-state index in [1.165, 1.54) is 0 Å². The van der Waals surface area contributed by atoms with Gasteiger partial charge < -0.3 is 16.3 Å². The van der Waals surface area contributed by atoms with E-state index in [9.17, 15) is 4.79 Å². The molecule has 0 spiro atoms. The lowest BCUT2D eigenvalue weighted by atomic mass is 10.2. The van der Waals surface area contributed by atoms with Crippen LogP contribution >= 0.6 is 0 Å². The molecule has 1 fully saturated rings. The molecule has 5 nitrogen and oxygen atoms in total. The molecule has 0 bridgehead atoms. The number of amides is 1. The molecule has 4 N–H and O–H groups in total. The highest BCUT2D eigenvalue weighted by Gasteiger charge is 2.38. The molecule has 1 aliphatic carbocycles. The van der Waals surface area contributed by atoms with Crippen molar-refractivity contribution >= 4 is 11.7 Å². The summed E-state index contributed by atoms with van der Waals surface area (Å²) in [4.78, 5) is 11.4. The zero-order valence-corrected chi connectivity index (χ0v) is 9.07. The Hall–Kier alpha value is -1.26. The summed E-state index contributed by atoms with van der Waals surface area (Å²) in [6.07, 6.45) is 3.29. The Morgan fingerprint density at radius 1 is 1.60 bits per heavy atom. The zero-order valence-electron chi connectivity index (χ0n) is 9.07. The van der Waals surface area contributed by atoms with Gasteiger partial charge in [0, 0.05) is 18.9 Å². The van der Waals surface area contributed by atoms with E-state index in [0.717, 1.165) is 19.3 Å². The first-order chi connectivity index (χ1) is 7.15.